The van der Waals surface area contributed by atoms with E-state index in [9.17, 15) is 19.2 Å². The van der Waals surface area contributed by atoms with E-state index in [0.717, 1.165) is 0 Å². The molecule has 0 unspecified atom stereocenters. The van der Waals surface area contributed by atoms with Gasteiger partial charge >= 0.3 is 6.03 Å². The third kappa shape index (κ3) is 5.12. The molecule has 4 rings (SSSR count). The Morgan fingerprint density at radius 2 is 1.86 bits per heavy atom. The van der Waals surface area contributed by atoms with E-state index in [0.29, 0.717) is 42.8 Å². The van der Waals surface area contributed by atoms with Gasteiger partial charge in [-0.1, -0.05) is 23.6 Å². The Hall–Kier alpha value is -3.70. The van der Waals surface area contributed by atoms with Crippen molar-refractivity contribution in [3.8, 4) is 17.6 Å². The fourth-order valence-corrected chi connectivity index (χ4v) is 5.36. The number of carbonyl (C=O) groups is 4. The number of aromatic nitrogens is 1. The molecule has 1 aliphatic carbocycles. The fourth-order valence-electron chi connectivity index (χ4n) is 5.04. The lowest BCUT2D eigenvalue weighted by Gasteiger charge is -2.44. The molecule has 1 aliphatic heterocycles. The van der Waals surface area contributed by atoms with Crippen molar-refractivity contribution in [2.24, 2.45) is 5.41 Å². The van der Waals surface area contributed by atoms with E-state index in [2.05, 4.69) is 22.1 Å². The van der Waals surface area contributed by atoms with Crippen LogP contribution < -0.4 is 10.1 Å². The summed E-state index contributed by atoms with van der Waals surface area (Å²) in [6.45, 7) is 2.37. The molecule has 1 N–H and O–H groups in total. The molecule has 0 radical (unpaired) electrons. The molecule has 1 aromatic carbocycles. The third-order valence-corrected chi connectivity index (χ3v) is 7.15. The monoisotopic (exact) mass is 507 g/mol. The van der Waals surface area contributed by atoms with E-state index in [1.54, 1.807) is 31.2 Å². The van der Waals surface area contributed by atoms with E-state index in [4.69, 9.17) is 16.3 Å². The maximum absolute atomic E-state index is 13.3. The highest BCUT2D eigenvalue weighted by atomic mass is 35.5. The lowest BCUT2D eigenvalue weighted by Crippen LogP contribution is -2.51. The molecule has 9 heteroatoms. The van der Waals surface area contributed by atoms with Crippen molar-refractivity contribution in [1.29, 1.82) is 0 Å². The van der Waals surface area contributed by atoms with Gasteiger partial charge in [-0.2, -0.15) is 0 Å². The number of imide groups is 1. The smallest absolute Gasteiger partial charge is 0.324 e. The number of pyridine rings is 1. The van der Waals surface area contributed by atoms with Crippen molar-refractivity contribution in [3.63, 3.8) is 0 Å². The number of hydrogen-bond donors (Lipinski definition) is 1. The van der Waals surface area contributed by atoms with Gasteiger partial charge in [0.05, 0.1) is 7.11 Å². The first-order chi connectivity index (χ1) is 17.3. The van der Waals surface area contributed by atoms with Crippen LogP contribution in [0.1, 0.15) is 60.1 Å². The fraction of sp³-hybridized carbons (Fsp3) is 0.370. The quantitative estimate of drug-likeness (QED) is 0.501. The van der Waals surface area contributed by atoms with E-state index in [-0.39, 0.29) is 35.1 Å². The summed E-state index contributed by atoms with van der Waals surface area (Å²) in [5, 5.41) is 2.63. The van der Waals surface area contributed by atoms with Gasteiger partial charge in [-0.3, -0.25) is 24.7 Å². The normalized spacial score (nSPS) is 17.4. The Morgan fingerprint density at radius 3 is 2.44 bits per heavy atom. The first-order valence-corrected chi connectivity index (χ1v) is 12.0. The van der Waals surface area contributed by atoms with Crippen LogP contribution in [0.5, 0.6) is 5.75 Å². The molecular formula is C27H26ClN3O5. The molecule has 8 nitrogen and oxygen atoms in total. The van der Waals surface area contributed by atoms with Crippen LogP contribution >= 0.6 is 11.6 Å². The van der Waals surface area contributed by atoms with Crippen molar-refractivity contribution >= 4 is 35.1 Å². The minimum atomic E-state index is -0.987. The van der Waals surface area contributed by atoms with Crippen LogP contribution in [0.15, 0.2) is 36.5 Å². The van der Waals surface area contributed by atoms with Gasteiger partial charge in [-0.25, -0.2) is 4.79 Å². The van der Waals surface area contributed by atoms with Gasteiger partial charge in [0.15, 0.2) is 0 Å². The minimum absolute atomic E-state index is 0.151. The van der Waals surface area contributed by atoms with Crippen LogP contribution in [0.2, 0.25) is 5.02 Å². The van der Waals surface area contributed by atoms with Gasteiger partial charge in [0.2, 0.25) is 0 Å². The number of urea groups is 1. The number of Topliss-reactive ketones (excluding diaryl/α,β-unsaturated/α-hetero) is 2. The molecule has 0 bridgehead atoms. The highest BCUT2D eigenvalue weighted by Crippen LogP contribution is 2.48. The molecule has 2 aliphatic rings. The standard InChI is InChI=1S/C27H26ClN3O5/c1-3-6-17-13-18(28)23(22(14-17)36-2)24-20(32)15-27(16-21(24)33)8-11-31(12-9-27)26(35)30-25(34)19-7-4-5-10-29-19/h4-5,7,10,13-14,24H,8-9,11-12,15-16H2,1-2H3,(H,30,34,35). The second kappa shape index (κ2) is 10.5. The van der Waals surface area contributed by atoms with Crippen molar-refractivity contribution in [2.45, 2.75) is 38.5 Å². The predicted molar refractivity (Wildman–Crippen MR) is 133 cm³/mol. The number of ketones is 2. The summed E-state index contributed by atoms with van der Waals surface area (Å²) in [7, 11) is 1.47. The first-order valence-electron chi connectivity index (χ1n) is 11.6. The van der Waals surface area contributed by atoms with Crippen LogP contribution in [0.25, 0.3) is 0 Å². The number of amides is 3. The Kier molecular flexibility index (Phi) is 7.41. The molecule has 3 amide bonds. The highest BCUT2D eigenvalue weighted by Gasteiger charge is 2.48. The molecule has 1 saturated heterocycles. The first kappa shape index (κ1) is 25.4. The summed E-state index contributed by atoms with van der Waals surface area (Å²) in [6.07, 6.45) is 2.87. The summed E-state index contributed by atoms with van der Waals surface area (Å²) in [4.78, 5) is 57.0. The molecule has 1 aromatic heterocycles. The highest BCUT2D eigenvalue weighted by molar-refractivity contribution is 6.32. The number of nitrogens with zero attached hydrogens (tertiary/aromatic N) is 2. The molecule has 2 fully saturated rings. The molecule has 2 aromatic rings. The Morgan fingerprint density at radius 1 is 1.17 bits per heavy atom. The number of hydrogen-bond acceptors (Lipinski definition) is 6. The summed E-state index contributed by atoms with van der Waals surface area (Å²) in [5.74, 6) is 4.10. The molecular weight excluding hydrogens is 482 g/mol. The number of methoxy groups -OCH3 is 1. The van der Waals surface area contributed by atoms with Gasteiger partial charge in [0.25, 0.3) is 5.91 Å². The number of ether oxygens (including phenoxy) is 1. The zero-order valence-electron chi connectivity index (χ0n) is 20.1. The maximum atomic E-state index is 13.3. The molecule has 36 heavy (non-hydrogen) atoms. The zero-order chi connectivity index (χ0) is 25.9. The number of halogens is 1. The lowest BCUT2D eigenvalue weighted by atomic mass is 9.63. The molecule has 0 atom stereocenters. The van der Waals surface area contributed by atoms with Gasteiger partial charge in [0, 0.05) is 48.3 Å². The van der Waals surface area contributed by atoms with E-state index < -0.39 is 23.3 Å². The predicted octanol–water partition coefficient (Wildman–Crippen LogP) is 3.76. The van der Waals surface area contributed by atoms with Crippen molar-refractivity contribution < 1.29 is 23.9 Å². The summed E-state index contributed by atoms with van der Waals surface area (Å²) < 4.78 is 5.46. The van der Waals surface area contributed by atoms with Crippen LogP contribution in [0.4, 0.5) is 4.79 Å². The molecule has 1 saturated carbocycles. The second-order valence-corrected chi connectivity index (χ2v) is 9.54. The molecule has 186 valence electrons. The SMILES string of the molecule is CC#Cc1cc(Cl)c(C2C(=O)CC3(CCN(C(=O)NC(=O)c4ccccn4)CC3)CC2=O)c(OC)c1. The third-order valence-electron chi connectivity index (χ3n) is 6.84. The van der Waals surface area contributed by atoms with Crippen molar-refractivity contribution in [1.82, 2.24) is 15.2 Å². The average Bonchev–Trinajstić information content (AvgIpc) is 2.85. The number of carbonyl (C=O) groups excluding carboxylic acids is 4. The molecule has 1 spiro atoms. The number of rotatable bonds is 3. The van der Waals surface area contributed by atoms with Gasteiger partial charge in [-0.15, -0.1) is 5.92 Å². The van der Waals surface area contributed by atoms with Crippen molar-refractivity contribution in [2.75, 3.05) is 20.2 Å². The summed E-state index contributed by atoms with van der Waals surface area (Å²) in [5.41, 5.74) is 0.662. The van der Waals surface area contributed by atoms with Crippen LogP contribution in [0, 0.1) is 17.3 Å². The van der Waals surface area contributed by atoms with Gasteiger partial charge in [0.1, 0.15) is 28.9 Å². The summed E-state index contributed by atoms with van der Waals surface area (Å²) >= 11 is 6.49. The van der Waals surface area contributed by atoms with E-state index in [1.807, 2.05) is 0 Å². The van der Waals surface area contributed by atoms with Gasteiger partial charge in [-0.05, 0) is 49.4 Å². The van der Waals surface area contributed by atoms with Gasteiger partial charge < -0.3 is 9.64 Å². The van der Waals surface area contributed by atoms with Crippen LogP contribution in [-0.2, 0) is 9.59 Å². The zero-order valence-corrected chi connectivity index (χ0v) is 20.9. The van der Waals surface area contributed by atoms with Crippen LogP contribution in [-0.4, -0.2) is 53.6 Å². The second-order valence-electron chi connectivity index (χ2n) is 9.13. The number of likely N-dealkylation sites (tertiary alicyclic amines) is 1. The van der Waals surface area contributed by atoms with E-state index >= 15 is 0 Å². The lowest BCUT2D eigenvalue weighted by molar-refractivity contribution is -0.138. The minimum Gasteiger partial charge on any atom is -0.496 e. The Balaban J connectivity index is 1.44. The average molecular weight is 508 g/mol. The number of nitrogens with one attached hydrogen (secondary N) is 1. The van der Waals surface area contributed by atoms with E-state index in [1.165, 1.54) is 24.3 Å². The maximum Gasteiger partial charge on any atom is 0.324 e. The molecule has 2 heterocycles. The Bertz CT molecular complexity index is 1250. The number of piperidine rings is 1. The topological polar surface area (TPSA) is 106 Å². The number of benzene rings is 1. The van der Waals surface area contributed by atoms with Crippen LogP contribution in [0.3, 0.4) is 0 Å². The summed E-state index contributed by atoms with van der Waals surface area (Å²) in [6, 6.07) is 7.68. The Labute approximate surface area is 214 Å². The van der Waals surface area contributed by atoms with Crippen molar-refractivity contribution in [3.05, 3.63) is 58.4 Å². The largest absolute Gasteiger partial charge is 0.496 e.